The minimum atomic E-state index is 0.126. The third-order valence-electron chi connectivity index (χ3n) is 4.12. The Balaban J connectivity index is 2.06. The van der Waals surface area contributed by atoms with E-state index in [1.165, 1.54) is 0 Å². The van der Waals surface area contributed by atoms with Gasteiger partial charge in [-0.3, -0.25) is 4.79 Å². The normalized spacial score (nSPS) is 20.6. The predicted octanol–water partition coefficient (Wildman–Crippen LogP) is 1.95. The summed E-state index contributed by atoms with van der Waals surface area (Å²) in [5.41, 5.74) is 7.85. The molecule has 2 atom stereocenters. The fourth-order valence-corrected chi connectivity index (χ4v) is 2.71. The molecule has 110 valence electrons. The van der Waals surface area contributed by atoms with Gasteiger partial charge in [0, 0.05) is 44.5 Å². The number of carbonyl (C=O) groups is 1. The Kier molecular flexibility index (Phi) is 4.65. The number of hydrogen-bond acceptors (Lipinski definition) is 3. The van der Waals surface area contributed by atoms with Crippen LogP contribution in [0.15, 0.2) is 24.3 Å². The summed E-state index contributed by atoms with van der Waals surface area (Å²) >= 11 is 0. The van der Waals surface area contributed by atoms with E-state index in [4.69, 9.17) is 5.73 Å². The molecule has 0 saturated carbocycles. The minimum Gasteiger partial charge on any atom is -0.378 e. The summed E-state index contributed by atoms with van der Waals surface area (Å²) in [7, 11) is 3.99. The molecule has 1 amide bonds. The lowest BCUT2D eigenvalue weighted by atomic mass is 9.92. The largest absolute Gasteiger partial charge is 0.378 e. The van der Waals surface area contributed by atoms with Gasteiger partial charge in [-0.15, -0.1) is 0 Å². The Morgan fingerprint density at radius 3 is 2.55 bits per heavy atom. The zero-order valence-corrected chi connectivity index (χ0v) is 12.7. The van der Waals surface area contributed by atoms with Crippen molar-refractivity contribution in [1.29, 1.82) is 0 Å². The number of benzene rings is 1. The van der Waals surface area contributed by atoms with Gasteiger partial charge in [0.2, 0.25) is 0 Å². The summed E-state index contributed by atoms with van der Waals surface area (Å²) < 4.78 is 0. The molecule has 1 heterocycles. The molecule has 1 aromatic rings. The average Bonchev–Trinajstić information content (AvgIpc) is 2.46. The van der Waals surface area contributed by atoms with Crippen LogP contribution in [-0.4, -0.2) is 44.0 Å². The number of nitrogens with zero attached hydrogens (tertiary/aromatic N) is 2. The Bertz CT molecular complexity index is 453. The molecule has 0 radical (unpaired) electrons. The zero-order valence-electron chi connectivity index (χ0n) is 12.7. The molecule has 2 unspecified atom stereocenters. The number of likely N-dealkylation sites (tertiary alicyclic amines) is 1. The molecule has 1 aromatic carbocycles. The van der Waals surface area contributed by atoms with Gasteiger partial charge in [-0.05, 0) is 49.9 Å². The molecule has 0 spiro atoms. The molecule has 1 saturated heterocycles. The van der Waals surface area contributed by atoms with Crippen LogP contribution in [0.3, 0.4) is 0 Å². The second-order valence-corrected chi connectivity index (χ2v) is 5.95. The highest BCUT2D eigenvalue weighted by Crippen LogP contribution is 2.21. The van der Waals surface area contributed by atoms with Gasteiger partial charge >= 0.3 is 0 Å². The highest BCUT2D eigenvalue weighted by atomic mass is 16.2. The van der Waals surface area contributed by atoms with Crippen molar-refractivity contribution in [1.82, 2.24) is 4.90 Å². The summed E-state index contributed by atoms with van der Waals surface area (Å²) in [6, 6.07) is 7.95. The van der Waals surface area contributed by atoms with Gasteiger partial charge in [0.1, 0.15) is 0 Å². The van der Waals surface area contributed by atoms with Crippen molar-refractivity contribution in [2.24, 2.45) is 11.7 Å². The number of nitrogens with two attached hydrogens (primary N) is 1. The quantitative estimate of drug-likeness (QED) is 0.917. The van der Waals surface area contributed by atoms with Crippen LogP contribution in [0.4, 0.5) is 5.69 Å². The molecule has 4 heteroatoms. The highest BCUT2D eigenvalue weighted by Gasteiger charge is 2.26. The second-order valence-electron chi connectivity index (χ2n) is 5.95. The van der Waals surface area contributed by atoms with Gasteiger partial charge in [0.15, 0.2) is 0 Å². The van der Waals surface area contributed by atoms with Gasteiger partial charge in [0.25, 0.3) is 5.91 Å². The molecule has 0 aliphatic carbocycles. The molecule has 0 bridgehead atoms. The van der Waals surface area contributed by atoms with E-state index >= 15 is 0 Å². The van der Waals surface area contributed by atoms with Gasteiger partial charge in [0.05, 0.1) is 0 Å². The van der Waals surface area contributed by atoms with Crippen LogP contribution in [0.25, 0.3) is 0 Å². The van der Waals surface area contributed by atoms with Crippen LogP contribution in [0.2, 0.25) is 0 Å². The predicted molar refractivity (Wildman–Crippen MR) is 83.0 cm³/mol. The fourth-order valence-electron chi connectivity index (χ4n) is 2.71. The Morgan fingerprint density at radius 1 is 1.35 bits per heavy atom. The van der Waals surface area contributed by atoms with Crippen molar-refractivity contribution in [3.05, 3.63) is 29.8 Å². The molecular weight excluding hydrogens is 250 g/mol. The topological polar surface area (TPSA) is 49.6 Å². The first-order chi connectivity index (χ1) is 9.49. The molecule has 1 fully saturated rings. The Hall–Kier alpha value is -1.55. The molecule has 2 rings (SSSR count). The van der Waals surface area contributed by atoms with E-state index in [-0.39, 0.29) is 11.9 Å². The highest BCUT2D eigenvalue weighted by molar-refractivity contribution is 5.94. The number of anilines is 1. The van der Waals surface area contributed by atoms with Crippen molar-refractivity contribution in [2.45, 2.75) is 25.8 Å². The number of carbonyl (C=O) groups excluding carboxylic acids is 1. The van der Waals surface area contributed by atoms with E-state index in [0.29, 0.717) is 5.92 Å². The first-order valence-corrected chi connectivity index (χ1v) is 7.31. The van der Waals surface area contributed by atoms with Crippen LogP contribution in [0.1, 0.15) is 30.1 Å². The minimum absolute atomic E-state index is 0.126. The number of amides is 1. The van der Waals surface area contributed by atoms with E-state index in [0.717, 1.165) is 37.2 Å². The van der Waals surface area contributed by atoms with Crippen molar-refractivity contribution >= 4 is 11.6 Å². The number of hydrogen-bond donors (Lipinski definition) is 1. The van der Waals surface area contributed by atoms with E-state index in [2.05, 4.69) is 0 Å². The van der Waals surface area contributed by atoms with Crippen molar-refractivity contribution in [3.8, 4) is 0 Å². The molecular formula is C16H25N3O. The van der Waals surface area contributed by atoms with Gasteiger partial charge in [-0.1, -0.05) is 0 Å². The van der Waals surface area contributed by atoms with Crippen LogP contribution in [-0.2, 0) is 0 Å². The summed E-state index contributed by atoms with van der Waals surface area (Å²) in [5, 5.41) is 0. The summed E-state index contributed by atoms with van der Waals surface area (Å²) in [4.78, 5) is 16.5. The maximum absolute atomic E-state index is 12.5. The van der Waals surface area contributed by atoms with Crippen LogP contribution < -0.4 is 10.6 Å². The molecule has 1 aliphatic rings. The van der Waals surface area contributed by atoms with E-state index in [9.17, 15) is 4.79 Å². The first kappa shape index (κ1) is 14.9. The third-order valence-corrected chi connectivity index (χ3v) is 4.12. The molecule has 2 N–H and O–H groups in total. The summed E-state index contributed by atoms with van der Waals surface area (Å²) in [6.45, 7) is 3.66. The van der Waals surface area contributed by atoms with E-state index < -0.39 is 0 Å². The SMILES string of the molecule is CC(N)C1CCCN(C(=O)c2ccc(N(C)C)cc2)C1. The zero-order chi connectivity index (χ0) is 14.7. The molecule has 20 heavy (non-hydrogen) atoms. The van der Waals surface area contributed by atoms with E-state index in [1.807, 2.05) is 55.1 Å². The maximum atomic E-state index is 12.5. The average molecular weight is 275 g/mol. The van der Waals surface area contributed by atoms with Crippen molar-refractivity contribution in [2.75, 3.05) is 32.1 Å². The first-order valence-electron chi connectivity index (χ1n) is 7.31. The lowest BCUT2D eigenvalue weighted by molar-refractivity contribution is 0.0661. The van der Waals surface area contributed by atoms with Crippen LogP contribution in [0, 0.1) is 5.92 Å². The maximum Gasteiger partial charge on any atom is 0.253 e. The molecule has 4 nitrogen and oxygen atoms in total. The third kappa shape index (κ3) is 3.31. The summed E-state index contributed by atoms with van der Waals surface area (Å²) in [5.74, 6) is 0.550. The lowest BCUT2D eigenvalue weighted by Gasteiger charge is -2.34. The van der Waals surface area contributed by atoms with Crippen LogP contribution >= 0.6 is 0 Å². The number of rotatable bonds is 3. The van der Waals surface area contributed by atoms with E-state index in [1.54, 1.807) is 0 Å². The fraction of sp³-hybridized carbons (Fsp3) is 0.562. The lowest BCUT2D eigenvalue weighted by Crippen LogP contribution is -2.45. The second kappa shape index (κ2) is 6.27. The standard InChI is InChI=1S/C16H25N3O/c1-12(17)14-5-4-10-19(11-14)16(20)13-6-8-15(9-7-13)18(2)3/h6-9,12,14H,4-5,10-11,17H2,1-3H3. The molecule has 0 aromatic heterocycles. The number of piperidine rings is 1. The molecule has 1 aliphatic heterocycles. The summed E-state index contributed by atoms with van der Waals surface area (Å²) in [6.07, 6.45) is 2.18. The van der Waals surface area contributed by atoms with Gasteiger partial charge < -0.3 is 15.5 Å². The monoisotopic (exact) mass is 275 g/mol. The van der Waals surface area contributed by atoms with Gasteiger partial charge in [-0.2, -0.15) is 0 Å². The smallest absolute Gasteiger partial charge is 0.253 e. The van der Waals surface area contributed by atoms with Crippen molar-refractivity contribution < 1.29 is 4.79 Å². The Labute approximate surface area is 121 Å². The van der Waals surface area contributed by atoms with Gasteiger partial charge in [-0.25, -0.2) is 0 Å². The Morgan fingerprint density at radius 2 is 2.00 bits per heavy atom. The van der Waals surface area contributed by atoms with Crippen molar-refractivity contribution in [3.63, 3.8) is 0 Å². The van der Waals surface area contributed by atoms with Crippen LogP contribution in [0.5, 0.6) is 0 Å².